The molecule has 1 heterocycles. The molecule has 1 amide bonds. The highest BCUT2D eigenvalue weighted by atomic mass is 16.5. The van der Waals surface area contributed by atoms with Crippen LogP contribution in [0.4, 0.5) is 0 Å². The summed E-state index contributed by atoms with van der Waals surface area (Å²) in [5.74, 6) is 0.949. The van der Waals surface area contributed by atoms with Gasteiger partial charge >= 0.3 is 0 Å². The van der Waals surface area contributed by atoms with Crippen molar-refractivity contribution in [3.63, 3.8) is 0 Å². The van der Waals surface area contributed by atoms with Gasteiger partial charge in [-0.05, 0) is 25.0 Å². The third-order valence-corrected chi connectivity index (χ3v) is 4.11. The van der Waals surface area contributed by atoms with Crippen molar-refractivity contribution in [2.24, 2.45) is 0 Å². The Hall–Kier alpha value is -2.95. The van der Waals surface area contributed by atoms with Gasteiger partial charge in [-0.25, -0.2) is 0 Å². The molecule has 1 N–H and O–H groups in total. The van der Waals surface area contributed by atoms with E-state index >= 15 is 0 Å². The van der Waals surface area contributed by atoms with Crippen LogP contribution in [-0.2, 0) is 11.2 Å². The summed E-state index contributed by atoms with van der Waals surface area (Å²) in [4.78, 5) is 16.7. The summed E-state index contributed by atoms with van der Waals surface area (Å²) in [6, 6.07) is 17.6. The van der Waals surface area contributed by atoms with Crippen molar-refractivity contribution >= 4 is 5.91 Å². The van der Waals surface area contributed by atoms with Gasteiger partial charge in [0, 0.05) is 18.4 Å². The standard InChI is InChI=1S/C21H23N3O2/c1-3-8-19(25)22-18(14-16-10-5-4-6-11-16)21-23-20(24-26-21)17-12-7-9-15(2)13-17/h4-7,9-13,18H,3,8,14H2,1-2H3,(H,22,25). The fourth-order valence-electron chi connectivity index (χ4n) is 2.82. The Labute approximate surface area is 153 Å². The third kappa shape index (κ3) is 4.57. The Morgan fingerprint density at radius 1 is 1.15 bits per heavy atom. The van der Waals surface area contributed by atoms with Crippen molar-refractivity contribution in [1.82, 2.24) is 15.5 Å². The summed E-state index contributed by atoms with van der Waals surface area (Å²) in [5, 5.41) is 7.13. The number of carbonyl (C=O) groups is 1. The Balaban J connectivity index is 1.85. The van der Waals surface area contributed by atoms with E-state index in [2.05, 4.69) is 15.5 Å². The highest BCUT2D eigenvalue weighted by Crippen LogP contribution is 2.22. The summed E-state index contributed by atoms with van der Waals surface area (Å²) in [6.45, 7) is 4.00. The first kappa shape index (κ1) is 17.9. The fourth-order valence-corrected chi connectivity index (χ4v) is 2.82. The van der Waals surface area contributed by atoms with Crippen molar-refractivity contribution in [2.45, 2.75) is 39.2 Å². The van der Waals surface area contributed by atoms with Crippen molar-refractivity contribution in [2.75, 3.05) is 0 Å². The molecule has 0 bridgehead atoms. The Morgan fingerprint density at radius 2 is 1.96 bits per heavy atom. The second kappa shape index (κ2) is 8.43. The minimum Gasteiger partial charge on any atom is -0.344 e. The van der Waals surface area contributed by atoms with Crippen LogP contribution in [0.3, 0.4) is 0 Å². The van der Waals surface area contributed by atoms with E-state index in [1.807, 2.05) is 68.4 Å². The molecule has 0 aliphatic heterocycles. The normalized spacial score (nSPS) is 11.9. The molecule has 3 rings (SSSR count). The lowest BCUT2D eigenvalue weighted by Gasteiger charge is -2.15. The van der Waals surface area contributed by atoms with Gasteiger partial charge in [0.05, 0.1) is 0 Å². The van der Waals surface area contributed by atoms with Gasteiger partial charge in [-0.1, -0.05) is 66.2 Å². The van der Waals surface area contributed by atoms with Gasteiger partial charge in [0.25, 0.3) is 0 Å². The van der Waals surface area contributed by atoms with Gasteiger partial charge in [-0.2, -0.15) is 4.98 Å². The minimum absolute atomic E-state index is 0.0104. The van der Waals surface area contributed by atoms with Gasteiger partial charge < -0.3 is 9.84 Å². The number of aryl methyl sites for hydroxylation is 1. The Bertz CT molecular complexity index is 858. The van der Waals surface area contributed by atoms with Crippen molar-refractivity contribution in [3.8, 4) is 11.4 Å². The van der Waals surface area contributed by atoms with Crippen molar-refractivity contribution in [1.29, 1.82) is 0 Å². The molecule has 0 saturated carbocycles. The second-order valence-electron chi connectivity index (χ2n) is 6.39. The number of hydrogen-bond acceptors (Lipinski definition) is 4. The van der Waals surface area contributed by atoms with E-state index < -0.39 is 0 Å². The lowest BCUT2D eigenvalue weighted by atomic mass is 10.1. The second-order valence-corrected chi connectivity index (χ2v) is 6.39. The first-order chi connectivity index (χ1) is 12.7. The van der Waals surface area contributed by atoms with Crippen LogP contribution in [-0.4, -0.2) is 16.0 Å². The highest BCUT2D eigenvalue weighted by molar-refractivity contribution is 5.76. The summed E-state index contributed by atoms with van der Waals surface area (Å²) in [5.41, 5.74) is 3.13. The molecule has 3 aromatic rings. The van der Waals surface area contributed by atoms with Crippen LogP contribution in [0.15, 0.2) is 59.1 Å². The first-order valence-corrected chi connectivity index (χ1v) is 8.89. The Kier molecular flexibility index (Phi) is 5.79. The SMILES string of the molecule is CCCC(=O)NC(Cc1ccccc1)c1nc(-c2cccc(C)c2)no1. The molecular weight excluding hydrogens is 326 g/mol. The van der Waals surface area contributed by atoms with Crippen LogP contribution in [0.2, 0.25) is 0 Å². The van der Waals surface area contributed by atoms with Gasteiger partial charge in [0.15, 0.2) is 0 Å². The number of hydrogen-bond donors (Lipinski definition) is 1. The van der Waals surface area contributed by atoms with E-state index in [0.29, 0.717) is 24.6 Å². The van der Waals surface area contributed by atoms with Crippen LogP contribution in [0.1, 0.15) is 42.8 Å². The predicted octanol–water partition coefficient (Wildman–Crippen LogP) is 4.25. The average Bonchev–Trinajstić information content (AvgIpc) is 3.12. The quantitative estimate of drug-likeness (QED) is 0.692. The molecule has 0 aliphatic carbocycles. The lowest BCUT2D eigenvalue weighted by Crippen LogP contribution is -2.29. The summed E-state index contributed by atoms with van der Waals surface area (Å²) >= 11 is 0. The zero-order valence-electron chi connectivity index (χ0n) is 15.1. The largest absolute Gasteiger partial charge is 0.344 e. The van der Waals surface area contributed by atoms with Gasteiger partial charge in [-0.15, -0.1) is 0 Å². The first-order valence-electron chi connectivity index (χ1n) is 8.89. The van der Waals surface area contributed by atoms with Crippen LogP contribution in [0.25, 0.3) is 11.4 Å². The molecule has 2 aromatic carbocycles. The molecule has 134 valence electrons. The number of carbonyl (C=O) groups excluding carboxylic acids is 1. The van der Waals surface area contributed by atoms with E-state index in [4.69, 9.17) is 4.52 Å². The summed E-state index contributed by atoms with van der Waals surface area (Å²) < 4.78 is 5.50. The maximum atomic E-state index is 12.1. The molecule has 0 spiro atoms. The predicted molar refractivity (Wildman–Crippen MR) is 100 cm³/mol. The molecule has 0 saturated heterocycles. The summed E-state index contributed by atoms with van der Waals surface area (Å²) in [6.07, 6.45) is 1.87. The summed E-state index contributed by atoms with van der Waals surface area (Å²) in [7, 11) is 0. The zero-order chi connectivity index (χ0) is 18.4. The van der Waals surface area contributed by atoms with E-state index in [0.717, 1.165) is 23.1 Å². The van der Waals surface area contributed by atoms with Gasteiger partial charge in [0.1, 0.15) is 6.04 Å². The third-order valence-electron chi connectivity index (χ3n) is 4.11. The maximum absolute atomic E-state index is 12.1. The monoisotopic (exact) mass is 349 g/mol. The lowest BCUT2D eigenvalue weighted by molar-refractivity contribution is -0.122. The Morgan fingerprint density at radius 3 is 2.69 bits per heavy atom. The molecule has 1 aromatic heterocycles. The molecule has 1 atom stereocenters. The van der Waals surface area contributed by atoms with Crippen LogP contribution in [0.5, 0.6) is 0 Å². The maximum Gasteiger partial charge on any atom is 0.249 e. The zero-order valence-corrected chi connectivity index (χ0v) is 15.1. The number of benzene rings is 2. The van der Waals surface area contributed by atoms with E-state index in [9.17, 15) is 4.79 Å². The average molecular weight is 349 g/mol. The molecule has 0 fully saturated rings. The molecule has 0 aliphatic rings. The van der Waals surface area contributed by atoms with E-state index in [1.54, 1.807) is 0 Å². The number of amides is 1. The molecular formula is C21H23N3O2. The minimum atomic E-state index is -0.345. The molecule has 1 unspecified atom stereocenters. The number of rotatable bonds is 7. The van der Waals surface area contributed by atoms with Crippen molar-refractivity contribution < 1.29 is 9.32 Å². The smallest absolute Gasteiger partial charge is 0.249 e. The van der Waals surface area contributed by atoms with Gasteiger partial charge in [0.2, 0.25) is 17.6 Å². The molecule has 5 nitrogen and oxygen atoms in total. The molecule has 0 radical (unpaired) electrons. The van der Waals surface area contributed by atoms with Crippen molar-refractivity contribution in [3.05, 3.63) is 71.6 Å². The van der Waals surface area contributed by atoms with E-state index in [-0.39, 0.29) is 11.9 Å². The molecule has 26 heavy (non-hydrogen) atoms. The fraction of sp³-hybridized carbons (Fsp3) is 0.286. The number of nitrogens with one attached hydrogen (secondary N) is 1. The van der Waals surface area contributed by atoms with Crippen LogP contribution in [0, 0.1) is 6.92 Å². The topological polar surface area (TPSA) is 68.0 Å². The number of nitrogens with zero attached hydrogens (tertiary/aromatic N) is 2. The van der Waals surface area contributed by atoms with E-state index in [1.165, 1.54) is 0 Å². The molecule has 5 heteroatoms. The van der Waals surface area contributed by atoms with Crippen LogP contribution >= 0.6 is 0 Å². The number of aromatic nitrogens is 2. The van der Waals surface area contributed by atoms with Crippen LogP contribution < -0.4 is 5.32 Å². The highest BCUT2D eigenvalue weighted by Gasteiger charge is 2.22. The van der Waals surface area contributed by atoms with Gasteiger partial charge in [-0.3, -0.25) is 4.79 Å².